The minimum Gasteiger partial charge on any atom is -0.353 e. The fourth-order valence-corrected chi connectivity index (χ4v) is 1.39. The highest BCUT2D eigenvalue weighted by Gasteiger charge is 2.22. The van der Waals surface area contributed by atoms with Gasteiger partial charge in [-0.05, 0) is 12.8 Å². The summed E-state index contributed by atoms with van der Waals surface area (Å²) in [4.78, 5) is 15.4. The zero-order valence-corrected chi connectivity index (χ0v) is 9.44. The molecule has 0 spiro atoms. The Balaban J connectivity index is 1.55. The van der Waals surface area contributed by atoms with Crippen LogP contribution >= 0.6 is 0 Å². The average Bonchev–Trinajstić information content (AvgIpc) is 2.95. The number of hydrogen-bond acceptors (Lipinski definition) is 4. The normalized spacial score (nSPS) is 15.1. The number of hydrogen-bond donors (Lipinski definition) is 2. The van der Waals surface area contributed by atoms with Gasteiger partial charge >= 0.3 is 0 Å². The quantitative estimate of drug-likeness (QED) is 0.642. The number of nitrogens with zero attached hydrogens (tertiary/aromatic N) is 3. The van der Waals surface area contributed by atoms with E-state index < -0.39 is 0 Å². The molecule has 1 aliphatic carbocycles. The molecule has 1 fully saturated rings. The van der Waals surface area contributed by atoms with Gasteiger partial charge in [-0.2, -0.15) is 5.10 Å². The van der Waals surface area contributed by atoms with E-state index in [2.05, 4.69) is 20.7 Å². The van der Waals surface area contributed by atoms with Crippen LogP contribution in [0.1, 0.15) is 25.1 Å². The van der Waals surface area contributed by atoms with Crippen molar-refractivity contribution in [1.29, 1.82) is 0 Å². The second-order valence-corrected chi connectivity index (χ2v) is 4.10. The third-order valence-electron chi connectivity index (χ3n) is 2.40. The molecule has 0 saturated heterocycles. The number of aryl methyl sites for hydroxylation is 1. The zero-order chi connectivity index (χ0) is 11.4. The molecule has 6 nitrogen and oxygen atoms in total. The van der Waals surface area contributed by atoms with Crippen molar-refractivity contribution in [3.8, 4) is 0 Å². The van der Waals surface area contributed by atoms with E-state index in [4.69, 9.17) is 0 Å². The first-order chi connectivity index (χ1) is 7.74. The number of carbonyl (C=O) groups excluding carboxylic acids is 1. The van der Waals surface area contributed by atoms with Crippen molar-refractivity contribution in [2.24, 2.45) is 7.05 Å². The third-order valence-corrected chi connectivity index (χ3v) is 2.40. The van der Waals surface area contributed by atoms with E-state index in [-0.39, 0.29) is 5.91 Å². The van der Waals surface area contributed by atoms with Crippen LogP contribution in [0.25, 0.3) is 0 Å². The van der Waals surface area contributed by atoms with Crippen molar-refractivity contribution >= 4 is 5.91 Å². The third kappa shape index (κ3) is 3.62. The van der Waals surface area contributed by atoms with E-state index in [1.165, 1.54) is 0 Å². The van der Waals surface area contributed by atoms with Crippen molar-refractivity contribution in [1.82, 2.24) is 25.4 Å². The fourth-order valence-electron chi connectivity index (χ4n) is 1.39. The molecular formula is C10H17N5O. The van der Waals surface area contributed by atoms with Gasteiger partial charge in [-0.15, -0.1) is 0 Å². The summed E-state index contributed by atoms with van der Waals surface area (Å²) in [6.45, 7) is 1.27. The number of rotatable bonds is 6. The Kier molecular flexibility index (Phi) is 3.51. The molecule has 2 rings (SSSR count). The Morgan fingerprint density at radius 1 is 1.62 bits per heavy atom. The van der Waals surface area contributed by atoms with Gasteiger partial charge in [0.25, 0.3) is 0 Å². The number of carbonyl (C=O) groups is 1. The first kappa shape index (κ1) is 11.1. The van der Waals surface area contributed by atoms with Crippen LogP contribution in [0.3, 0.4) is 0 Å². The van der Waals surface area contributed by atoms with Crippen LogP contribution in [0, 0.1) is 0 Å². The molecule has 0 aliphatic heterocycles. The Hall–Kier alpha value is -1.43. The molecule has 1 heterocycles. The van der Waals surface area contributed by atoms with Crippen molar-refractivity contribution in [3.63, 3.8) is 0 Å². The van der Waals surface area contributed by atoms with Crippen molar-refractivity contribution in [2.45, 2.75) is 31.8 Å². The molecule has 0 atom stereocenters. The van der Waals surface area contributed by atoms with Gasteiger partial charge in [0, 0.05) is 26.1 Å². The van der Waals surface area contributed by atoms with E-state index in [1.807, 2.05) is 7.05 Å². The molecule has 2 N–H and O–H groups in total. The highest BCUT2D eigenvalue weighted by atomic mass is 16.1. The molecule has 1 saturated carbocycles. The smallest absolute Gasteiger partial charge is 0.221 e. The Morgan fingerprint density at radius 2 is 2.44 bits per heavy atom. The van der Waals surface area contributed by atoms with Gasteiger partial charge in [-0.25, -0.2) is 4.98 Å². The molecule has 1 amide bonds. The largest absolute Gasteiger partial charge is 0.353 e. The molecule has 1 aromatic rings. The lowest BCUT2D eigenvalue weighted by molar-refractivity contribution is -0.121. The maximum atomic E-state index is 11.3. The second kappa shape index (κ2) is 5.07. The van der Waals surface area contributed by atoms with Gasteiger partial charge in [-0.3, -0.25) is 9.48 Å². The lowest BCUT2D eigenvalue weighted by Gasteiger charge is -2.03. The highest BCUT2D eigenvalue weighted by molar-refractivity contribution is 5.76. The average molecular weight is 223 g/mol. The van der Waals surface area contributed by atoms with Gasteiger partial charge in [0.2, 0.25) is 5.91 Å². The predicted molar refractivity (Wildman–Crippen MR) is 58.5 cm³/mol. The molecule has 88 valence electrons. The molecule has 0 bridgehead atoms. The van der Waals surface area contributed by atoms with Crippen LogP contribution in [0.5, 0.6) is 0 Å². The Morgan fingerprint density at radius 3 is 3.06 bits per heavy atom. The number of nitrogens with one attached hydrogen (secondary N) is 2. The van der Waals surface area contributed by atoms with Crippen molar-refractivity contribution < 1.29 is 4.79 Å². The molecule has 0 unspecified atom stereocenters. The van der Waals surface area contributed by atoms with Gasteiger partial charge in [0.15, 0.2) is 5.82 Å². The van der Waals surface area contributed by atoms with Gasteiger partial charge < -0.3 is 10.6 Å². The molecule has 0 radical (unpaired) electrons. The van der Waals surface area contributed by atoms with Crippen LogP contribution in [0.15, 0.2) is 6.33 Å². The minimum atomic E-state index is 0.129. The van der Waals surface area contributed by atoms with E-state index in [9.17, 15) is 4.79 Å². The summed E-state index contributed by atoms with van der Waals surface area (Å²) < 4.78 is 1.66. The summed E-state index contributed by atoms with van der Waals surface area (Å²) >= 11 is 0. The summed E-state index contributed by atoms with van der Waals surface area (Å²) in [5.41, 5.74) is 0. The second-order valence-electron chi connectivity index (χ2n) is 4.10. The fraction of sp³-hybridized carbons (Fsp3) is 0.700. The summed E-state index contributed by atoms with van der Waals surface area (Å²) in [6, 6.07) is 0.449. The van der Waals surface area contributed by atoms with Crippen LogP contribution in [-0.4, -0.2) is 33.3 Å². The van der Waals surface area contributed by atoms with Crippen LogP contribution in [-0.2, 0) is 18.4 Å². The van der Waals surface area contributed by atoms with Gasteiger partial charge in [-0.1, -0.05) is 0 Å². The van der Waals surface area contributed by atoms with E-state index in [0.717, 1.165) is 18.7 Å². The van der Waals surface area contributed by atoms with Crippen molar-refractivity contribution in [2.75, 3.05) is 6.54 Å². The molecule has 6 heteroatoms. The molecule has 0 aromatic carbocycles. The van der Waals surface area contributed by atoms with Crippen LogP contribution in [0.4, 0.5) is 0 Å². The summed E-state index contributed by atoms with van der Waals surface area (Å²) in [5.74, 6) is 0.883. The Bertz CT molecular complexity index is 358. The van der Waals surface area contributed by atoms with Crippen LogP contribution in [0.2, 0.25) is 0 Å². The number of amides is 1. The Labute approximate surface area is 94.4 Å². The molecule has 1 aliphatic rings. The van der Waals surface area contributed by atoms with E-state index in [0.29, 0.717) is 25.6 Å². The van der Waals surface area contributed by atoms with E-state index >= 15 is 0 Å². The standard InChI is InChI=1S/C10H17N5O/c1-15-7-12-9(14-15)6-11-5-4-10(16)13-8-2-3-8/h7-8,11H,2-6H2,1H3,(H,13,16). The first-order valence-electron chi connectivity index (χ1n) is 5.58. The minimum absolute atomic E-state index is 0.129. The van der Waals surface area contributed by atoms with Crippen molar-refractivity contribution in [3.05, 3.63) is 12.2 Å². The van der Waals surface area contributed by atoms with E-state index in [1.54, 1.807) is 11.0 Å². The SMILES string of the molecule is Cn1cnc(CNCCC(=O)NC2CC2)n1. The van der Waals surface area contributed by atoms with Gasteiger partial charge in [0.05, 0.1) is 6.54 Å². The number of aromatic nitrogens is 3. The predicted octanol–water partition coefficient (Wildman–Crippen LogP) is -0.427. The summed E-state index contributed by atoms with van der Waals surface area (Å²) in [6.07, 6.45) is 4.45. The molecular weight excluding hydrogens is 206 g/mol. The maximum Gasteiger partial charge on any atom is 0.221 e. The first-order valence-corrected chi connectivity index (χ1v) is 5.58. The topological polar surface area (TPSA) is 71.8 Å². The maximum absolute atomic E-state index is 11.3. The summed E-state index contributed by atoms with van der Waals surface area (Å²) in [5, 5.41) is 10.2. The lowest BCUT2D eigenvalue weighted by atomic mass is 10.4. The molecule has 1 aromatic heterocycles. The zero-order valence-electron chi connectivity index (χ0n) is 9.44. The highest BCUT2D eigenvalue weighted by Crippen LogP contribution is 2.18. The summed E-state index contributed by atoms with van der Waals surface area (Å²) in [7, 11) is 1.83. The van der Waals surface area contributed by atoms with Gasteiger partial charge in [0.1, 0.15) is 6.33 Å². The lowest BCUT2D eigenvalue weighted by Crippen LogP contribution is -2.29. The van der Waals surface area contributed by atoms with Crippen LogP contribution < -0.4 is 10.6 Å². The monoisotopic (exact) mass is 223 g/mol. The molecule has 16 heavy (non-hydrogen) atoms.